The number of aromatic amines is 1. The normalized spacial score (nSPS) is 22.5. The van der Waals surface area contributed by atoms with Crippen LogP contribution in [-0.2, 0) is 0 Å². The Balaban J connectivity index is 1.50. The smallest absolute Gasteiger partial charge is 0.138 e. The van der Waals surface area contributed by atoms with Crippen molar-refractivity contribution in [3.63, 3.8) is 0 Å². The molecule has 2 heterocycles. The summed E-state index contributed by atoms with van der Waals surface area (Å²) < 4.78 is 0. The van der Waals surface area contributed by atoms with Crippen molar-refractivity contribution >= 4 is 16.9 Å². The minimum absolute atomic E-state index is 0.241. The number of aliphatic imine (C=N–C) groups is 1. The van der Waals surface area contributed by atoms with E-state index in [1.807, 2.05) is 18.2 Å². The Labute approximate surface area is 145 Å². The minimum Gasteiger partial charge on any atom is -0.508 e. The second-order valence-electron chi connectivity index (χ2n) is 6.95. The number of rotatable bonds is 2. The fraction of sp³-hybridized carbons (Fsp3) is 0.300. The Kier molecular flexibility index (Phi) is 3.26. The van der Waals surface area contributed by atoms with Gasteiger partial charge in [-0.05, 0) is 43.2 Å². The second kappa shape index (κ2) is 5.62. The highest BCUT2D eigenvalue weighted by Gasteiger charge is 2.31. The van der Waals surface area contributed by atoms with E-state index in [0.717, 1.165) is 33.8 Å². The first kappa shape index (κ1) is 14.5. The van der Waals surface area contributed by atoms with Gasteiger partial charge in [0.25, 0.3) is 0 Å². The molecule has 0 unspecified atom stereocenters. The van der Waals surface area contributed by atoms with Crippen molar-refractivity contribution in [3.05, 3.63) is 48.0 Å². The average molecular weight is 332 g/mol. The van der Waals surface area contributed by atoms with Gasteiger partial charge in [0.1, 0.15) is 17.4 Å². The van der Waals surface area contributed by atoms with Crippen molar-refractivity contribution in [2.75, 3.05) is 0 Å². The van der Waals surface area contributed by atoms with Crippen molar-refractivity contribution in [2.24, 2.45) is 4.99 Å². The van der Waals surface area contributed by atoms with Gasteiger partial charge in [0.2, 0.25) is 0 Å². The molecule has 2 aromatic carbocycles. The molecular formula is C20H20N4O. The van der Waals surface area contributed by atoms with Gasteiger partial charge in [-0.3, -0.25) is 4.99 Å². The van der Waals surface area contributed by atoms with E-state index in [1.54, 1.807) is 12.1 Å². The van der Waals surface area contributed by atoms with Gasteiger partial charge >= 0.3 is 0 Å². The van der Waals surface area contributed by atoms with E-state index >= 15 is 0 Å². The summed E-state index contributed by atoms with van der Waals surface area (Å²) in [6, 6.07) is 14.3. The fourth-order valence-corrected chi connectivity index (χ4v) is 3.92. The lowest BCUT2D eigenvalue weighted by atomic mass is 9.92. The number of hydrogen-bond donors (Lipinski definition) is 3. The van der Waals surface area contributed by atoms with Crippen LogP contribution in [0.25, 0.3) is 22.4 Å². The first-order chi connectivity index (χ1) is 12.3. The molecule has 0 saturated heterocycles. The number of fused-ring (bicyclic) bond motifs is 2. The van der Waals surface area contributed by atoms with Crippen molar-refractivity contribution in [2.45, 2.75) is 37.8 Å². The van der Waals surface area contributed by atoms with E-state index in [0.29, 0.717) is 12.1 Å². The Hall–Kier alpha value is -2.82. The number of hydrogen-bond acceptors (Lipinski definition) is 4. The molecule has 0 spiro atoms. The van der Waals surface area contributed by atoms with E-state index < -0.39 is 0 Å². The largest absolute Gasteiger partial charge is 0.508 e. The van der Waals surface area contributed by atoms with Crippen LogP contribution in [0.5, 0.6) is 5.75 Å². The van der Waals surface area contributed by atoms with Crippen LogP contribution in [0.3, 0.4) is 0 Å². The zero-order chi connectivity index (χ0) is 16.8. The van der Waals surface area contributed by atoms with Crippen molar-refractivity contribution < 1.29 is 5.11 Å². The molecule has 1 aromatic heterocycles. The van der Waals surface area contributed by atoms with Crippen LogP contribution >= 0.6 is 0 Å². The van der Waals surface area contributed by atoms with Gasteiger partial charge in [-0.15, -0.1) is 0 Å². The molecule has 0 bridgehead atoms. The number of phenols is 1. The molecule has 25 heavy (non-hydrogen) atoms. The van der Waals surface area contributed by atoms with E-state index in [2.05, 4.69) is 27.4 Å². The summed E-state index contributed by atoms with van der Waals surface area (Å²) in [7, 11) is 0. The summed E-state index contributed by atoms with van der Waals surface area (Å²) in [5.74, 6) is 2.01. The molecule has 5 rings (SSSR count). The van der Waals surface area contributed by atoms with Crippen LogP contribution < -0.4 is 5.32 Å². The zero-order valence-electron chi connectivity index (χ0n) is 13.9. The molecule has 2 aliphatic rings. The third-order valence-electron chi connectivity index (χ3n) is 5.22. The van der Waals surface area contributed by atoms with Gasteiger partial charge in [-0.2, -0.15) is 0 Å². The first-order valence-electron chi connectivity index (χ1n) is 8.90. The van der Waals surface area contributed by atoms with Gasteiger partial charge in [0.05, 0.1) is 17.1 Å². The highest BCUT2D eigenvalue weighted by atomic mass is 16.3. The van der Waals surface area contributed by atoms with Crippen LogP contribution in [0.1, 0.15) is 31.2 Å². The maximum absolute atomic E-state index is 9.67. The predicted octanol–water partition coefficient (Wildman–Crippen LogP) is 3.60. The number of aromatic nitrogens is 2. The SMILES string of the molecule is Oc1cccc(-c2nc3ccc(C4=N[C@H]5CCCC[C@H]5N4)cc3[nH]2)c1. The maximum Gasteiger partial charge on any atom is 0.138 e. The summed E-state index contributed by atoms with van der Waals surface area (Å²) in [5, 5.41) is 13.3. The molecular weight excluding hydrogens is 312 g/mol. The number of nitrogens with zero attached hydrogens (tertiary/aromatic N) is 2. The minimum atomic E-state index is 0.241. The van der Waals surface area contributed by atoms with E-state index in [9.17, 15) is 5.11 Å². The average Bonchev–Trinajstić information content (AvgIpc) is 3.25. The summed E-state index contributed by atoms with van der Waals surface area (Å²) in [4.78, 5) is 12.9. The number of amidine groups is 1. The van der Waals surface area contributed by atoms with Crippen LogP contribution in [0.2, 0.25) is 0 Å². The summed E-state index contributed by atoms with van der Waals surface area (Å²) in [5.41, 5.74) is 3.88. The number of phenolic OH excluding ortho intramolecular Hbond substituents is 1. The second-order valence-corrected chi connectivity index (χ2v) is 6.95. The molecule has 1 aliphatic carbocycles. The van der Waals surface area contributed by atoms with Crippen LogP contribution in [-0.4, -0.2) is 33.0 Å². The number of aromatic hydroxyl groups is 1. The Morgan fingerprint density at radius 2 is 1.92 bits per heavy atom. The molecule has 3 aromatic rings. The summed E-state index contributed by atoms with van der Waals surface area (Å²) >= 11 is 0. The van der Waals surface area contributed by atoms with Gasteiger partial charge < -0.3 is 15.4 Å². The first-order valence-corrected chi connectivity index (χ1v) is 8.90. The Morgan fingerprint density at radius 1 is 1.00 bits per heavy atom. The molecule has 126 valence electrons. The third-order valence-corrected chi connectivity index (χ3v) is 5.22. The predicted molar refractivity (Wildman–Crippen MR) is 98.9 cm³/mol. The molecule has 0 radical (unpaired) electrons. The topological polar surface area (TPSA) is 73.3 Å². The number of benzene rings is 2. The summed E-state index contributed by atoms with van der Waals surface area (Å²) in [6.07, 6.45) is 4.98. The lowest BCUT2D eigenvalue weighted by molar-refractivity contribution is 0.385. The number of nitrogens with one attached hydrogen (secondary N) is 2. The molecule has 1 aliphatic heterocycles. The molecule has 1 saturated carbocycles. The van der Waals surface area contributed by atoms with E-state index in [-0.39, 0.29) is 5.75 Å². The van der Waals surface area contributed by atoms with Gasteiger partial charge in [-0.25, -0.2) is 4.98 Å². The fourth-order valence-electron chi connectivity index (χ4n) is 3.92. The van der Waals surface area contributed by atoms with Gasteiger partial charge in [0.15, 0.2) is 0 Å². The molecule has 5 heteroatoms. The highest BCUT2D eigenvalue weighted by molar-refractivity contribution is 6.02. The van der Waals surface area contributed by atoms with Crippen molar-refractivity contribution in [3.8, 4) is 17.1 Å². The van der Waals surface area contributed by atoms with E-state index in [4.69, 9.17) is 4.99 Å². The molecule has 3 N–H and O–H groups in total. The van der Waals surface area contributed by atoms with Crippen LogP contribution in [0.4, 0.5) is 0 Å². The number of H-pyrrole nitrogens is 1. The Morgan fingerprint density at radius 3 is 2.80 bits per heavy atom. The lowest BCUT2D eigenvalue weighted by Gasteiger charge is -2.23. The molecule has 0 amide bonds. The lowest BCUT2D eigenvalue weighted by Crippen LogP contribution is -2.36. The highest BCUT2D eigenvalue weighted by Crippen LogP contribution is 2.28. The zero-order valence-corrected chi connectivity index (χ0v) is 13.9. The standard InChI is InChI=1S/C20H20N4O/c25-14-5-3-4-12(10-14)19-23-17-9-8-13(11-18(17)24-19)20-21-15-6-1-2-7-16(15)22-20/h3-5,8-11,15-16,25H,1-2,6-7H2,(H,21,22)(H,23,24)/t15-,16+. The monoisotopic (exact) mass is 332 g/mol. The van der Waals surface area contributed by atoms with Crippen molar-refractivity contribution in [1.29, 1.82) is 0 Å². The maximum atomic E-state index is 9.67. The number of imidazole rings is 1. The third kappa shape index (κ3) is 2.56. The van der Waals surface area contributed by atoms with Crippen LogP contribution in [0, 0.1) is 0 Å². The quantitative estimate of drug-likeness (QED) is 0.671. The molecule has 1 fully saturated rings. The molecule has 2 atom stereocenters. The summed E-state index contributed by atoms with van der Waals surface area (Å²) in [6.45, 7) is 0. The van der Waals surface area contributed by atoms with Gasteiger partial charge in [-0.1, -0.05) is 25.0 Å². The van der Waals surface area contributed by atoms with Crippen LogP contribution in [0.15, 0.2) is 47.5 Å². The molecule has 5 nitrogen and oxygen atoms in total. The van der Waals surface area contributed by atoms with E-state index in [1.165, 1.54) is 25.7 Å². The Bertz CT molecular complexity index is 975. The van der Waals surface area contributed by atoms with Crippen molar-refractivity contribution in [1.82, 2.24) is 15.3 Å². The van der Waals surface area contributed by atoms with Gasteiger partial charge in [0, 0.05) is 17.2 Å².